The van der Waals surface area contributed by atoms with E-state index in [0.29, 0.717) is 52.9 Å². The van der Waals surface area contributed by atoms with E-state index in [1.54, 1.807) is 0 Å². The van der Waals surface area contributed by atoms with Gasteiger partial charge in [-0.3, -0.25) is 0 Å². The molecular formula is C19H38O5. The fourth-order valence-corrected chi connectivity index (χ4v) is 2.17. The second-order valence-electron chi connectivity index (χ2n) is 5.88. The Kier molecular flexibility index (Phi) is 20.2. The number of rotatable bonds is 20. The van der Waals surface area contributed by atoms with E-state index in [1.807, 2.05) is 0 Å². The van der Waals surface area contributed by atoms with E-state index in [2.05, 4.69) is 13.5 Å². The van der Waals surface area contributed by atoms with Crippen LogP contribution in [0.4, 0.5) is 0 Å². The molecule has 24 heavy (non-hydrogen) atoms. The van der Waals surface area contributed by atoms with Crippen LogP contribution in [0.15, 0.2) is 12.2 Å². The largest absolute Gasteiger partial charge is 0.394 e. The normalized spacial score (nSPS) is 11.1. The average Bonchev–Trinajstić information content (AvgIpc) is 2.59. The van der Waals surface area contributed by atoms with E-state index in [-0.39, 0.29) is 6.61 Å². The smallest absolute Gasteiger partial charge is 0.0704 e. The summed E-state index contributed by atoms with van der Waals surface area (Å²) in [7, 11) is 0. The van der Waals surface area contributed by atoms with Gasteiger partial charge in [-0.05, 0) is 12.8 Å². The highest BCUT2D eigenvalue weighted by molar-refractivity contribution is 4.93. The molecule has 0 heterocycles. The predicted octanol–water partition coefficient (Wildman–Crippen LogP) is 3.35. The third-order valence-corrected chi connectivity index (χ3v) is 3.54. The molecule has 0 radical (unpaired) electrons. The van der Waals surface area contributed by atoms with Crippen LogP contribution < -0.4 is 0 Å². The van der Waals surface area contributed by atoms with Crippen LogP contribution >= 0.6 is 0 Å². The summed E-state index contributed by atoms with van der Waals surface area (Å²) in [6, 6.07) is 0. The molecule has 0 amide bonds. The predicted molar refractivity (Wildman–Crippen MR) is 97.5 cm³/mol. The summed E-state index contributed by atoms with van der Waals surface area (Å²) in [6.07, 6.45) is 8.94. The fourth-order valence-electron chi connectivity index (χ4n) is 2.17. The Hall–Kier alpha value is -0.460. The highest BCUT2D eigenvalue weighted by Gasteiger charge is 1.97. The summed E-state index contributed by atoms with van der Waals surface area (Å²) in [5.41, 5.74) is 1.18. The van der Waals surface area contributed by atoms with Crippen molar-refractivity contribution in [2.75, 3.05) is 59.5 Å². The lowest BCUT2D eigenvalue weighted by Gasteiger charge is -2.08. The van der Waals surface area contributed by atoms with Crippen molar-refractivity contribution >= 4 is 0 Å². The lowest BCUT2D eigenvalue weighted by molar-refractivity contribution is -0.00377. The molecule has 1 N–H and O–H groups in total. The minimum absolute atomic E-state index is 0.0501. The van der Waals surface area contributed by atoms with Crippen LogP contribution in [0.3, 0.4) is 0 Å². The number of hydrogen-bond acceptors (Lipinski definition) is 5. The lowest BCUT2D eigenvalue weighted by atomic mass is 10.1. The van der Waals surface area contributed by atoms with Gasteiger partial charge in [-0.15, -0.1) is 0 Å². The van der Waals surface area contributed by atoms with Crippen LogP contribution in [0.5, 0.6) is 0 Å². The van der Waals surface area contributed by atoms with Gasteiger partial charge in [-0.25, -0.2) is 0 Å². The second kappa shape index (κ2) is 20.6. The molecule has 5 nitrogen and oxygen atoms in total. The Labute approximate surface area is 148 Å². The molecule has 0 aromatic rings. The molecule has 0 atom stereocenters. The zero-order valence-corrected chi connectivity index (χ0v) is 15.6. The van der Waals surface area contributed by atoms with Crippen LogP contribution in [0.1, 0.15) is 51.9 Å². The molecular weight excluding hydrogens is 308 g/mol. The highest BCUT2D eigenvalue weighted by Crippen LogP contribution is 2.10. The van der Waals surface area contributed by atoms with Gasteiger partial charge in [0, 0.05) is 0 Å². The number of ether oxygens (including phenoxy) is 4. The zero-order valence-electron chi connectivity index (χ0n) is 15.6. The van der Waals surface area contributed by atoms with Crippen molar-refractivity contribution in [2.24, 2.45) is 0 Å². The Morgan fingerprint density at radius 2 is 1.21 bits per heavy atom. The Morgan fingerprint density at radius 1 is 0.708 bits per heavy atom. The topological polar surface area (TPSA) is 57.2 Å². The first kappa shape index (κ1) is 23.5. The molecule has 0 aliphatic carbocycles. The maximum Gasteiger partial charge on any atom is 0.0704 e. The van der Waals surface area contributed by atoms with Crippen LogP contribution in [0.25, 0.3) is 0 Å². The van der Waals surface area contributed by atoms with Gasteiger partial charge in [0.1, 0.15) is 0 Å². The van der Waals surface area contributed by atoms with Crippen molar-refractivity contribution in [1.29, 1.82) is 0 Å². The van der Waals surface area contributed by atoms with Crippen molar-refractivity contribution in [2.45, 2.75) is 51.9 Å². The van der Waals surface area contributed by atoms with Gasteiger partial charge in [-0.1, -0.05) is 51.2 Å². The second-order valence-corrected chi connectivity index (χ2v) is 5.88. The summed E-state index contributed by atoms with van der Waals surface area (Å²) in [6.45, 7) is 10.7. The highest BCUT2D eigenvalue weighted by atomic mass is 16.6. The van der Waals surface area contributed by atoms with E-state index < -0.39 is 0 Å². The molecule has 0 aliphatic rings. The van der Waals surface area contributed by atoms with Crippen LogP contribution in [-0.4, -0.2) is 64.6 Å². The van der Waals surface area contributed by atoms with E-state index in [9.17, 15) is 0 Å². The van der Waals surface area contributed by atoms with Crippen molar-refractivity contribution in [3.8, 4) is 0 Å². The first-order valence-corrected chi connectivity index (χ1v) is 9.39. The first-order valence-electron chi connectivity index (χ1n) is 9.39. The van der Waals surface area contributed by atoms with Crippen LogP contribution in [0.2, 0.25) is 0 Å². The van der Waals surface area contributed by atoms with E-state index in [0.717, 1.165) is 6.42 Å². The van der Waals surface area contributed by atoms with E-state index in [4.69, 9.17) is 24.1 Å². The Morgan fingerprint density at radius 3 is 1.79 bits per heavy atom. The Bertz CT molecular complexity index is 258. The van der Waals surface area contributed by atoms with Crippen LogP contribution in [0, 0.1) is 0 Å². The Balaban J connectivity index is 3.11. The molecule has 0 saturated carbocycles. The quantitative estimate of drug-likeness (QED) is 0.271. The van der Waals surface area contributed by atoms with Gasteiger partial charge < -0.3 is 24.1 Å². The van der Waals surface area contributed by atoms with Crippen molar-refractivity contribution in [3.63, 3.8) is 0 Å². The van der Waals surface area contributed by atoms with Gasteiger partial charge in [0.25, 0.3) is 0 Å². The van der Waals surface area contributed by atoms with Crippen molar-refractivity contribution in [1.82, 2.24) is 0 Å². The van der Waals surface area contributed by atoms with Crippen molar-refractivity contribution < 1.29 is 24.1 Å². The van der Waals surface area contributed by atoms with E-state index in [1.165, 1.54) is 44.1 Å². The van der Waals surface area contributed by atoms with Gasteiger partial charge in [0.15, 0.2) is 0 Å². The van der Waals surface area contributed by atoms with Gasteiger partial charge in [-0.2, -0.15) is 0 Å². The minimum atomic E-state index is 0.0501. The number of unbranched alkanes of at least 4 members (excludes halogenated alkanes) is 5. The van der Waals surface area contributed by atoms with Crippen molar-refractivity contribution in [3.05, 3.63) is 12.2 Å². The summed E-state index contributed by atoms with van der Waals surface area (Å²) in [5, 5.41) is 8.52. The monoisotopic (exact) mass is 346 g/mol. The van der Waals surface area contributed by atoms with Gasteiger partial charge in [0.2, 0.25) is 0 Å². The average molecular weight is 347 g/mol. The zero-order chi connectivity index (χ0) is 17.7. The summed E-state index contributed by atoms with van der Waals surface area (Å²) >= 11 is 0. The molecule has 0 unspecified atom stereocenters. The third kappa shape index (κ3) is 19.6. The molecule has 0 aromatic carbocycles. The summed E-state index contributed by atoms with van der Waals surface area (Å²) < 4.78 is 21.4. The van der Waals surface area contributed by atoms with Gasteiger partial charge >= 0.3 is 0 Å². The molecule has 5 heteroatoms. The minimum Gasteiger partial charge on any atom is -0.394 e. The third-order valence-electron chi connectivity index (χ3n) is 3.54. The molecule has 0 saturated heterocycles. The number of aliphatic hydroxyl groups is 1. The molecule has 0 bridgehead atoms. The molecule has 144 valence electrons. The summed E-state index contributed by atoms with van der Waals surface area (Å²) in [5.74, 6) is 0. The molecule has 0 aliphatic heterocycles. The SMILES string of the molecule is C=C(CCCCCCCC)COCCOCCOCCOCCO. The number of hydrogen-bond donors (Lipinski definition) is 1. The standard InChI is InChI=1S/C19H38O5/c1-3-4-5-6-7-8-9-19(2)18-24-17-16-23-15-14-22-13-12-21-11-10-20/h20H,2-18H2,1H3. The lowest BCUT2D eigenvalue weighted by Crippen LogP contribution is -2.13. The molecule has 0 fully saturated rings. The maximum atomic E-state index is 8.52. The molecule has 0 rings (SSSR count). The summed E-state index contributed by atoms with van der Waals surface area (Å²) in [4.78, 5) is 0. The first-order chi connectivity index (χ1) is 11.8. The molecule has 0 aromatic heterocycles. The fraction of sp³-hybridized carbons (Fsp3) is 0.895. The number of aliphatic hydroxyl groups excluding tert-OH is 1. The molecule has 0 spiro atoms. The maximum absolute atomic E-state index is 8.52. The van der Waals surface area contributed by atoms with E-state index >= 15 is 0 Å². The van der Waals surface area contributed by atoms with Gasteiger partial charge in [0.05, 0.1) is 59.5 Å². The van der Waals surface area contributed by atoms with Crippen LogP contribution in [-0.2, 0) is 18.9 Å².